The van der Waals surface area contributed by atoms with Gasteiger partial charge in [-0.05, 0) is 48.4 Å². The summed E-state index contributed by atoms with van der Waals surface area (Å²) < 4.78 is 30.4. The minimum atomic E-state index is -3.52. The molecule has 21 heavy (non-hydrogen) atoms. The van der Waals surface area contributed by atoms with Crippen LogP contribution in [0.25, 0.3) is 6.08 Å². The van der Waals surface area contributed by atoms with Gasteiger partial charge >= 0.3 is 0 Å². The average molecular weight is 302 g/mol. The number of fused-ring (bicyclic) bond motifs is 1. The number of hydrogen-bond acceptors (Lipinski definition) is 4. The normalized spacial score (nSPS) is 15.4. The first-order valence-electron chi connectivity index (χ1n) is 6.45. The van der Waals surface area contributed by atoms with Crippen molar-refractivity contribution in [1.82, 2.24) is 0 Å². The molecule has 0 fully saturated rings. The summed E-state index contributed by atoms with van der Waals surface area (Å²) in [6.45, 7) is 1.88. The van der Waals surface area contributed by atoms with Crippen molar-refractivity contribution in [2.45, 2.75) is 11.8 Å². The smallest absolute Gasteiger partial charge is 0.206 e. The molecule has 1 aliphatic heterocycles. The first-order valence-corrected chi connectivity index (χ1v) is 7.94. The molecule has 5 heteroatoms. The summed E-state index contributed by atoms with van der Waals surface area (Å²) in [5.41, 5.74) is 1.45. The Morgan fingerprint density at radius 2 is 1.90 bits per heavy atom. The molecule has 0 aliphatic carbocycles. The van der Waals surface area contributed by atoms with Crippen molar-refractivity contribution in [2.75, 3.05) is 6.61 Å². The van der Waals surface area contributed by atoms with E-state index in [0.717, 1.165) is 5.56 Å². The zero-order valence-corrected chi connectivity index (χ0v) is 12.2. The molecule has 0 atom stereocenters. The summed E-state index contributed by atoms with van der Waals surface area (Å²) in [6.07, 6.45) is 1.54. The lowest BCUT2D eigenvalue weighted by molar-refractivity contribution is 0.356. The number of sulfone groups is 1. The van der Waals surface area contributed by atoms with Gasteiger partial charge in [-0.3, -0.25) is 0 Å². The quantitative estimate of drug-likeness (QED) is 0.947. The van der Waals surface area contributed by atoms with E-state index >= 15 is 0 Å². The third-order valence-electron chi connectivity index (χ3n) is 3.41. The number of phenols is 1. The first-order chi connectivity index (χ1) is 9.98. The van der Waals surface area contributed by atoms with Gasteiger partial charge in [0, 0.05) is 0 Å². The van der Waals surface area contributed by atoms with Gasteiger partial charge < -0.3 is 9.84 Å². The topological polar surface area (TPSA) is 63.6 Å². The monoisotopic (exact) mass is 302 g/mol. The Balaban J connectivity index is 1.88. The van der Waals surface area contributed by atoms with E-state index in [1.807, 2.05) is 25.1 Å². The second-order valence-corrected chi connectivity index (χ2v) is 6.86. The lowest BCUT2D eigenvalue weighted by Gasteiger charge is -2.09. The van der Waals surface area contributed by atoms with Gasteiger partial charge in [0.1, 0.15) is 18.1 Å². The fraction of sp³-hybridized carbons (Fsp3) is 0.125. The summed E-state index contributed by atoms with van der Waals surface area (Å²) in [4.78, 5) is 0.412. The van der Waals surface area contributed by atoms with Crippen LogP contribution < -0.4 is 4.74 Å². The van der Waals surface area contributed by atoms with Crippen molar-refractivity contribution in [3.63, 3.8) is 0 Å². The number of aromatic hydroxyl groups is 1. The maximum atomic E-state index is 12.4. The molecule has 0 spiro atoms. The van der Waals surface area contributed by atoms with Crippen molar-refractivity contribution >= 4 is 15.9 Å². The summed E-state index contributed by atoms with van der Waals surface area (Å²) in [7, 11) is -3.52. The van der Waals surface area contributed by atoms with Crippen LogP contribution in [0.2, 0.25) is 0 Å². The number of benzene rings is 2. The number of rotatable bonds is 3. The van der Waals surface area contributed by atoms with E-state index in [1.165, 1.54) is 18.2 Å². The zero-order chi connectivity index (χ0) is 15.0. The van der Waals surface area contributed by atoms with Gasteiger partial charge in [-0.1, -0.05) is 18.2 Å². The van der Waals surface area contributed by atoms with Gasteiger partial charge in [0.2, 0.25) is 9.84 Å². The molecule has 108 valence electrons. The molecule has 0 aromatic heterocycles. The van der Waals surface area contributed by atoms with Gasteiger partial charge in [-0.2, -0.15) is 0 Å². The molecule has 2 aromatic carbocycles. The minimum Gasteiger partial charge on any atom is -0.508 e. The second kappa shape index (κ2) is 4.93. The summed E-state index contributed by atoms with van der Waals surface area (Å²) in [6, 6.07) is 11.7. The largest absolute Gasteiger partial charge is 0.508 e. The number of phenolic OH excluding ortho intramolecular Hbond substituents is 1. The van der Waals surface area contributed by atoms with Gasteiger partial charge in [0.05, 0.1) is 9.80 Å². The van der Waals surface area contributed by atoms with E-state index in [4.69, 9.17) is 4.74 Å². The maximum Gasteiger partial charge on any atom is 0.206 e. The fourth-order valence-corrected chi connectivity index (χ4v) is 3.73. The Bertz CT molecular complexity index is 835. The first kappa shape index (κ1) is 13.7. The molecule has 0 radical (unpaired) electrons. The van der Waals surface area contributed by atoms with E-state index in [2.05, 4.69) is 0 Å². The van der Waals surface area contributed by atoms with Crippen molar-refractivity contribution in [2.24, 2.45) is 0 Å². The molecule has 1 heterocycles. The Labute approximate surface area is 123 Å². The molecular weight excluding hydrogens is 288 g/mol. The molecule has 3 rings (SSSR count). The molecule has 0 amide bonds. The average Bonchev–Trinajstić information content (AvgIpc) is 2.68. The number of hydrogen-bond donors (Lipinski definition) is 1. The molecule has 1 aliphatic rings. The van der Waals surface area contributed by atoms with Crippen LogP contribution in [0.15, 0.2) is 52.3 Å². The van der Waals surface area contributed by atoms with Gasteiger partial charge in [-0.15, -0.1) is 0 Å². The number of aryl methyl sites for hydroxylation is 1. The van der Waals surface area contributed by atoms with Gasteiger partial charge in [0.15, 0.2) is 0 Å². The van der Waals surface area contributed by atoms with E-state index in [1.54, 1.807) is 12.1 Å². The van der Waals surface area contributed by atoms with E-state index in [-0.39, 0.29) is 22.2 Å². The number of ether oxygens (including phenoxy) is 1. The molecular formula is C16H14O4S. The second-order valence-electron chi connectivity index (χ2n) is 4.89. The minimum absolute atomic E-state index is 0.0252. The Hall–Kier alpha value is -2.27. The standard InChI is InChI=1S/C16H14O4S/c1-11-4-2-3-5-15(11)20-10-14-9-12-8-13(17)6-7-16(12)21(14,18)19/h2-9,17H,10H2,1H3. The third kappa shape index (κ3) is 2.40. The third-order valence-corrected chi connectivity index (χ3v) is 5.28. The predicted molar refractivity (Wildman–Crippen MR) is 79.9 cm³/mol. The molecule has 4 nitrogen and oxygen atoms in total. The molecule has 2 aromatic rings. The molecule has 0 saturated carbocycles. The maximum absolute atomic E-state index is 12.4. The molecule has 0 bridgehead atoms. The molecule has 1 N–H and O–H groups in total. The van der Waals surface area contributed by atoms with Crippen LogP contribution in [-0.4, -0.2) is 20.1 Å². The van der Waals surface area contributed by atoms with Crippen LogP contribution in [-0.2, 0) is 9.84 Å². The molecule has 0 unspecified atom stereocenters. The Morgan fingerprint density at radius 1 is 1.14 bits per heavy atom. The molecule has 0 saturated heterocycles. The fourth-order valence-electron chi connectivity index (χ4n) is 2.27. The summed E-state index contributed by atoms with van der Waals surface area (Å²) >= 11 is 0. The van der Waals surface area contributed by atoms with Crippen LogP contribution in [0.5, 0.6) is 11.5 Å². The van der Waals surface area contributed by atoms with Crippen LogP contribution >= 0.6 is 0 Å². The van der Waals surface area contributed by atoms with Gasteiger partial charge in [0.25, 0.3) is 0 Å². The predicted octanol–water partition coefficient (Wildman–Crippen LogP) is 2.91. The van der Waals surface area contributed by atoms with E-state index in [0.29, 0.717) is 11.3 Å². The zero-order valence-electron chi connectivity index (χ0n) is 11.4. The summed E-state index contributed by atoms with van der Waals surface area (Å²) in [5, 5.41) is 9.44. The lowest BCUT2D eigenvalue weighted by atomic mass is 10.2. The SMILES string of the molecule is Cc1ccccc1OCC1=Cc2cc(O)ccc2S1(=O)=O. The Morgan fingerprint density at radius 3 is 2.67 bits per heavy atom. The highest BCUT2D eigenvalue weighted by molar-refractivity contribution is 7.95. The highest BCUT2D eigenvalue weighted by Gasteiger charge is 2.30. The van der Waals surface area contributed by atoms with Crippen molar-refractivity contribution in [3.8, 4) is 11.5 Å². The highest BCUT2D eigenvalue weighted by atomic mass is 32.2. The van der Waals surface area contributed by atoms with Crippen LogP contribution in [0, 0.1) is 6.92 Å². The lowest BCUT2D eigenvalue weighted by Crippen LogP contribution is -2.09. The van der Waals surface area contributed by atoms with E-state index in [9.17, 15) is 13.5 Å². The van der Waals surface area contributed by atoms with E-state index < -0.39 is 9.84 Å². The van der Waals surface area contributed by atoms with Gasteiger partial charge in [-0.25, -0.2) is 8.42 Å². The van der Waals surface area contributed by atoms with Crippen molar-refractivity contribution in [3.05, 3.63) is 58.5 Å². The van der Waals surface area contributed by atoms with Crippen LogP contribution in [0.1, 0.15) is 11.1 Å². The number of para-hydroxylation sites is 1. The van der Waals surface area contributed by atoms with Crippen molar-refractivity contribution < 1.29 is 18.3 Å². The summed E-state index contributed by atoms with van der Waals surface area (Å²) in [5.74, 6) is 0.702. The Kier molecular flexibility index (Phi) is 3.22. The van der Waals surface area contributed by atoms with Crippen LogP contribution in [0.4, 0.5) is 0 Å². The highest BCUT2D eigenvalue weighted by Crippen LogP contribution is 2.35. The van der Waals surface area contributed by atoms with Crippen molar-refractivity contribution in [1.29, 1.82) is 0 Å². The van der Waals surface area contributed by atoms with Crippen LogP contribution in [0.3, 0.4) is 0 Å².